The first-order valence-corrected chi connectivity index (χ1v) is 13.9. The summed E-state index contributed by atoms with van der Waals surface area (Å²) in [5.41, 5.74) is -4.32. The quantitative estimate of drug-likeness (QED) is 0.322. The molecule has 0 bridgehead atoms. The highest BCUT2D eigenvalue weighted by atomic mass is 16.7. The Morgan fingerprint density at radius 1 is 0.333 bits per heavy atom. The molecule has 1 aliphatic rings. The topological polar surface area (TPSA) is 158 Å². The zero-order valence-corrected chi connectivity index (χ0v) is 27.4. The number of hydrogen-bond donors (Lipinski definition) is 0. The summed E-state index contributed by atoms with van der Waals surface area (Å²) in [5, 5.41) is 0. The standard InChI is InChI=1S/C30H48O12/c1-15(31)37-17-19(39-23(33)27(3,4)5)21(41-25(35)29(9,10)11)18(38-16(2)32)22(42-26(36)30(12,13)14)20(17)40-24(34)28(6,7)8/h17-22H,1-14H3/t17?,18?,19-,20+,21-,22+. The van der Waals surface area contributed by atoms with Crippen LogP contribution in [0.5, 0.6) is 0 Å². The van der Waals surface area contributed by atoms with Crippen molar-refractivity contribution in [3.8, 4) is 0 Å². The third kappa shape index (κ3) is 9.97. The van der Waals surface area contributed by atoms with Crippen LogP contribution in [0.25, 0.3) is 0 Å². The Balaban J connectivity index is 4.08. The second-order valence-corrected chi connectivity index (χ2v) is 14.6. The van der Waals surface area contributed by atoms with Crippen LogP contribution >= 0.6 is 0 Å². The van der Waals surface area contributed by atoms with Gasteiger partial charge in [-0.25, -0.2) is 0 Å². The Morgan fingerprint density at radius 2 is 0.476 bits per heavy atom. The average molecular weight is 601 g/mol. The molecule has 0 aromatic carbocycles. The third-order valence-corrected chi connectivity index (χ3v) is 5.97. The van der Waals surface area contributed by atoms with Crippen molar-refractivity contribution >= 4 is 35.8 Å². The molecule has 42 heavy (non-hydrogen) atoms. The highest BCUT2D eigenvalue weighted by Gasteiger charge is 2.62. The molecule has 0 aliphatic heterocycles. The average Bonchev–Trinajstić information content (AvgIpc) is 2.76. The highest BCUT2D eigenvalue weighted by Crippen LogP contribution is 2.38. The minimum atomic E-state index is -1.64. The lowest BCUT2D eigenvalue weighted by atomic mass is 9.82. The van der Waals surface area contributed by atoms with Crippen LogP contribution in [0.4, 0.5) is 0 Å². The van der Waals surface area contributed by atoms with E-state index in [9.17, 15) is 28.8 Å². The van der Waals surface area contributed by atoms with Gasteiger partial charge in [-0.1, -0.05) is 0 Å². The molecule has 12 heteroatoms. The van der Waals surface area contributed by atoms with Crippen molar-refractivity contribution in [1.29, 1.82) is 0 Å². The fraction of sp³-hybridized carbons (Fsp3) is 0.800. The van der Waals surface area contributed by atoms with Gasteiger partial charge in [0, 0.05) is 13.8 Å². The zero-order chi connectivity index (χ0) is 33.2. The molecule has 6 atom stereocenters. The molecular weight excluding hydrogens is 552 g/mol. The molecule has 0 amide bonds. The van der Waals surface area contributed by atoms with Crippen molar-refractivity contribution in [2.24, 2.45) is 21.7 Å². The molecule has 0 heterocycles. The zero-order valence-electron chi connectivity index (χ0n) is 27.4. The van der Waals surface area contributed by atoms with Crippen LogP contribution in [0.1, 0.15) is 96.9 Å². The second-order valence-electron chi connectivity index (χ2n) is 14.6. The van der Waals surface area contributed by atoms with Crippen LogP contribution in [0.15, 0.2) is 0 Å². The van der Waals surface area contributed by atoms with Crippen molar-refractivity contribution in [3.05, 3.63) is 0 Å². The van der Waals surface area contributed by atoms with Gasteiger partial charge < -0.3 is 28.4 Å². The van der Waals surface area contributed by atoms with E-state index in [1.165, 1.54) is 0 Å². The maximum Gasteiger partial charge on any atom is 0.311 e. The summed E-state index contributed by atoms with van der Waals surface area (Å²) in [6.45, 7) is 21.0. The lowest BCUT2D eigenvalue weighted by molar-refractivity contribution is -0.266. The van der Waals surface area contributed by atoms with Crippen LogP contribution in [-0.4, -0.2) is 72.4 Å². The summed E-state index contributed by atoms with van der Waals surface area (Å²) < 4.78 is 34.4. The molecule has 0 saturated heterocycles. The Labute approximate surface area is 248 Å². The number of esters is 6. The van der Waals surface area contributed by atoms with Crippen LogP contribution in [-0.2, 0) is 57.2 Å². The Bertz CT molecular complexity index is 896. The first-order chi connectivity index (χ1) is 18.7. The van der Waals surface area contributed by atoms with Crippen LogP contribution < -0.4 is 0 Å². The van der Waals surface area contributed by atoms with E-state index in [1.807, 2.05) is 0 Å². The van der Waals surface area contributed by atoms with Crippen molar-refractivity contribution < 1.29 is 57.2 Å². The largest absolute Gasteiger partial charge is 0.454 e. The summed E-state index contributed by atoms with van der Waals surface area (Å²) in [5.74, 6) is -4.85. The second kappa shape index (κ2) is 13.0. The van der Waals surface area contributed by atoms with E-state index in [1.54, 1.807) is 83.1 Å². The van der Waals surface area contributed by atoms with E-state index >= 15 is 0 Å². The highest BCUT2D eigenvalue weighted by molar-refractivity contribution is 5.78. The summed E-state index contributed by atoms with van der Waals surface area (Å²) in [4.78, 5) is 77.6. The van der Waals surface area contributed by atoms with Crippen molar-refractivity contribution in [2.45, 2.75) is 134 Å². The van der Waals surface area contributed by atoms with Crippen LogP contribution in [0, 0.1) is 21.7 Å². The minimum Gasteiger partial charge on any atom is -0.454 e. The molecule has 240 valence electrons. The number of carbonyl (C=O) groups is 6. The van der Waals surface area contributed by atoms with Gasteiger partial charge in [-0.3, -0.25) is 28.8 Å². The normalized spacial score (nSPS) is 25.0. The number of carbonyl (C=O) groups excluding carboxylic acids is 6. The monoisotopic (exact) mass is 600 g/mol. The van der Waals surface area contributed by atoms with Crippen molar-refractivity contribution in [2.75, 3.05) is 0 Å². The van der Waals surface area contributed by atoms with Gasteiger partial charge in [0.1, 0.15) is 0 Å². The lowest BCUT2D eigenvalue weighted by Gasteiger charge is -2.48. The van der Waals surface area contributed by atoms with E-state index < -0.39 is 94.1 Å². The molecule has 0 aromatic rings. The summed E-state index contributed by atoms with van der Waals surface area (Å²) in [7, 11) is 0. The Hall–Kier alpha value is -3.18. The third-order valence-electron chi connectivity index (χ3n) is 5.97. The van der Waals surface area contributed by atoms with Gasteiger partial charge >= 0.3 is 35.8 Å². The smallest absolute Gasteiger partial charge is 0.311 e. The molecule has 2 unspecified atom stereocenters. The van der Waals surface area contributed by atoms with E-state index in [2.05, 4.69) is 0 Å². The van der Waals surface area contributed by atoms with Gasteiger partial charge in [0.15, 0.2) is 36.6 Å². The summed E-state index contributed by atoms with van der Waals surface area (Å²) >= 11 is 0. The van der Waals surface area contributed by atoms with Gasteiger partial charge in [0.2, 0.25) is 0 Å². The predicted molar refractivity (Wildman–Crippen MR) is 148 cm³/mol. The van der Waals surface area contributed by atoms with E-state index in [-0.39, 0.29) is 0 Å². The van der Waals surface area contributed by atoms with Gasteiger partial charge in [0.25, 0.3) is 0 Å². The number of rotatable bonds is 6. The maximum absolute atomic E-state index is 13.2. The van der Waals surface area contributed by atoms with Crippen molar-refractivity contribution in [3.63, 3.8) is 0 Å². The Kier molecular flexibility index (Phi) is 11.4. The van der Waals surface area contributed by atoms with Gasteiger partial charge in [-0.15, -0.1) is 0 Å². The number of hydrogen-bond acceptors (Lipinski definition) is 12. The van der Waals surface area contributed by atoms with Crippen LogP contribution in [0.3, 0.4) is 0 Å². The molecule has 0 spiro atoms. The van der Waals surface area contributed by atoms with E-state index in [0.717, 1.165) is 13.8 Å². The first-order valence-electron chi connectivity index (χ1n) is 13.9. The fourth-order valence-corrected chi connectivity index (χ4v) is 3.51. The van der Waals surface area contributed by atoms with E-state index in [4.69, 9.17) is 28.4 Å². The van der Waals surface area contributed by atoms with E-state index in [0.29, 0.717) is 0 Å². The maximum atomic E-state index is 13.2. The van der Waals surface area contributed by atoms with Gasteiger partial charge in [-0.05, 0) is 83.1 Å². The van der Waals surface area contributed by atoms with Gasteiger partial charge in [0.05, 0.1) is 21.7 Å². The molecule has 0 aromatic heterocycles. The van der Waals surface area contributed by atoms with Crippen molar-refractivity contribution in [1.82, 2.24) is 0 Å². The lowest BCUT2D eigenvalue weighted by Crippen LogP contribution is -2.69. The molecule has 0 radical (unpaired) electrons. The summed E-state index contributed by atoms with van der Waals surface area (Å²) in [6, 6.07) is 0. The Morgan fingerprint density at radius 3 is 0.595 bits per heavy atom. The molecule has 1 rings (SSSR count). The predicted octanol–water partition coefficient (Wildman–Crippen LogP) is 3.70. The van der Waals surface area contributed by atoms with Gasteiger partial charge in [-0.2, -0.15) is 0 Å². The first kappa shape index (κ1) is 36.8. The minimum absolute atomic E-state index is 0.783. The molecule has 1 aliphatic carbocycles. The fourth-order valence-electron chi connectivity index (χ4n) is 3.51. The molecule has 1 fully saturated rings. The number of ether oxygens (including phenoxy) is 6. The molecule has 0 N–H and O–H groups in total. The molecule has 12 nitrogen and oxygen atoms in total. The summed E-state index contributed by atoms with van der Waals surface area (Å²) in [6.07, 6.45) is -9.83. The van der Waals surface area contributed by atoms with Crippen LogP contribution in [0.2, 0.25) is 0 Å². The SMILES string of the molecule is CC(=O)OC1[C@@H](OC(=O)C(C)(C)C)[C@H](OC(=O)C(C)(C)C)C(OC(C)=O)[C@H](OC(=O)C(C)(C)C)[C@H]1OC(=O)C(C)(C)C. The molecule has 1 saturated carbocycles. The molecular formula is C30H48O12.